The number of benzene rings is 1. The van der Waals surface area contributed by atoms with Gasteiger partial charge in [-0.25, -0.2) is 0 Å². The van der Waals surface area contributed by atoms with E-state index in [1.165, 1.54) is 0 Å². The molecule has 102 valence electrons. The van der Waals surface area contributed by atoms with Crippen molar-refractivity contribution in [3.63, 3.8) is 0 Å². The van der Waals surface area contributed by atoms with Gasteiger partial charge in [-0.05, 0) is 0 Å². The van der Waals surface area contributed by atoms with Gasteiger partial charge < -0.3 is 0 Å². The summed E-state index contributed by atoms with van der Waals surface area (Å²) in [6.07, 6.45) is 0. The molecule has 0 spiro atoms. The fourth-order valence-electron chi connectivity index (χ4n) is 1.40. The molecule has 2 N–H and O–H groups in total. The molecule has 2 aromatic rings. The van der Waals surface area contributed by atoms with Gasteiger partial charge in [-0.1, -0.05) is 0 Å². The Morgan fingerprint density at radius 3 is 2.26 bits per heavy atom. The summed E-state index contributed by atoms with van der Waals surface area (Å²) in [7, 11) is -1.43. The molecule has 2 rings (SSSR count). The molecule has 4 nitrogen and oxygen atoms in total. The third kappa shape index (κ3) is 4.23. The summed E-state index contributed by atoms with van der Waals surface area (Å²) in [5.74, 6) is 0. The van der Waals surface area contributed by atoms with E-state index in [-0.39, 0.29) is 21.2 Å². The maximum atomic E-state index is 9.05. The molecule has 7 heteroatoms. The van der Waals surface area contributed by atoms with E-state index < -0.39 is 7.12 Å². The summed E-state index contributed by atoms with van der Waals surface area (Å²) in [5.41, 5.74) is 1.45. The molecule has 0 atom stereocenters. The molecule has 0 unspecified atom stereocenters. The summed E-state index contributed by atoms with van der Waals surface area (Å²) >= 11 is 1.49. The van der Waals surface area contributed by atoms with Crippen LogP contribution in [-0.4, -0.2) is 30.8 Å². The zero-order chi connectivity index (χ0) is 14.0. The number of hydrogen-bond donors (Lipinski definition) is 2. The normalized spacial score (nSPS) is 11.8. The van der Waals surface area contributed by atoms with Crippen molar-refractivity contribution < 1.29 is 31.3 Å². The standard InChI is InChI=1S/C12H15BIN2O2S/c1-12(2,3)14-11-16-15-10(19-11)8-4-6-9(7-5-8)13(17)18/h4-7,17-18H,1-3H3/q-1. The Kier molecular flexibility index (Phi) is 4.60. The number of nitrogens with zero attached hydrogens (tertiary/aromatic N) is 2. The number of aromatic nitrogens is 2. The Bertz CT molecular complexity index is 552. The van der Waals surface area contributed by atoms with E-state index in [1.54, 1.807) is 23.5 Å². The minimum absolute atomic E-state index is 0.140. The van der Waals surface area contributed by atoms with Gasteiger partial charge in [-0.15, -0.1) is 0 Å². The monoisotopic (exact) mass is 389 g/mol. The molecule has 0 fully saturated rings. The summed E-state index contributed by atoms with van der Waals surface area (Å²) < 4.78 is 1.44. The fraction of sp³-hybridized carbons (Fsp3) is 0.333. The average Bonchev–Trinajstić information content (AvgIpc) is 2.75. The molecular weight excluding hydrogens is 374 g/mol. The van der Waals surface area contributed by atoms with E-state index in [0.29, 0.717) is 8.88 Å². The van der Waals surface area contributed by atoms with Gasteiger partial charge >= 0.3 is 127 Å². The molecule has 0 saturated carbocycles. The Morgan fingerprint density at radius 1 is 1.11 bits per heavy atom. The summed E-state index contributed by atoms with van der Waals surface area (Å²) in [4.78, 5) is 0. The molecule has 0 radical (unpaired) electrons. The van der Waals surface area contributed by atoms with Gasteiger partial charge in [-0.2, -0.15) is 0 Å². The molecule has 1 heterocycles. The van der Waals surface area contributed by atoms with E-state index in [1.807, 2.05) is 12.1 Å². The van der Waals surface area contributed by atoms with E-state index in [0.717, 1.165) is 13.6 Å². The van der Waals surface area contributed by atoms with Crippen LogP contribution in [0.25, 0.3) is 10.6 Å². The quantitative estimate of drug-likeness (QED) is 0.360. The number of hydrogen-bond acceptors (Lipinski definition) is 5. The fourth-order valence-corrected chi connectivity index (χ4v) is 6.12. The van der Waals surface area contributed by atoms with Crippen LogP contribution in [0.5, 0.6) is 0 Å². The van der Waals surface area contributed by atoms with Gasteiger partial charge in [0.15, 0.2) is 0 Å². The molecule has 0 bridgehead atoms. The zero-order valence-electron chi connectivity index (χ0n) is 11.0. The molecule has 0 saturated heterocycles. The maximum absolute atomic E-state index is 9.05. The van der Waals surface area contributed by atoms with Crippen LogP contribution in [0.15, 0.2) is 24.3 Å². The predicted octanol–water partition coefficient (Wildman–Crippen LogP) is -2.06. The molecule has 0 aliphatic carbocycles. The third-order valence-electron chi connectivity index (χ3n) is 2.22. The second kappa shape index (κ2) is 5.86. The first-order valence-electron chi connectivity index (χ1n) is 5.81. The molecule has 0 aliphatic heterocycles. The van der Waals surface area contributed by atoms with Crippen molar-refractivity contribution in [3.05, 3.63) is 27.3 Å². The van der Waals surface area contributed by atoms with Crippen LogP contribution in [0.4, 0.5) is 0 Å². The Hall–Kier alpha value is -0.505. The molecule has 0 aliphatic rings. The zero-order valence-corrected chi connectivity index (χ0v) is 13.9. The SMILES string of the molecule is CC(C)(C)[I-]c1nnc(-c2ccc(B(O)O)cc2)s1. The van der Waals surface area contributed by atoms with Crippen LogP contribution >= 0.6 is 11.3 Å². The molecule has 1 aromatic heterocycles. The topological polar surface area (TPSA) is 66.2 Å². The van der Waals surface area contributed by atoms with Crippen molar-refractivity contribution in [1.82, 2.24) is 10.2 Å². The van der Waals surface area contributed by atoms with Gasteiger partial charge in [0.1, 0.15) is 0 Å². The van der Waals surface area contributed by atoms with Crippen molar-refractivity contribution >= 4 is 23.9 Å². The molecule has 19 heavy (non-hydrogen) atoms. The summed E-state index contributed by atoms with van der Waals surface area (Å²) in [6.45, 7) is 6.66. The van der Waals surface area contributed by atoms with E-state index in [2.05, 4.69) is 31.0 Å². The van der Waals surface area contributed by atoms with Crippen LogP contribution in [0.3, 0.4) is 0 Å². The van der Waals surface area contributed by atoms with Crippen LogP contribution in [0.1, 0.15) is 20.8 Å². The van der Waals surface area contributed by atoms with Crippen LogP contribution in [0.2, 0.25) is 0 Å². The van der Waals surface area contributed by atoms with Crippen molar-refractivity contribution in [2.24, 2.45) is 0 Å². The number of halogens is 1. The van der Waals surface area contributed by atoms with Gasteiger partial charge in [0.05, 0.1) is 0 Å². The van der Waals surface area contributed by atoms with Gasteiger partial charge in [0, 0.05) is 0 Å². The van der Waals surface area contributed by atoms with E-state index in [9.17, 15) is 0 Å². The third-order valence-corrected chi connectivity index (χ3v) is 6.45. The van der Waals surface area contributed by atoms with E-state index in [4.69, 9.17) is 10.0 Å². The Balaban J connectivity index is 2.18. The summed E-state index contributed by atoms with van der Waals surface area (Å²) in [5, 5.41) is 27.5. The average molecular weight is 389 g/mol. The van der Waals surface area contributed by atoms with Crippen molar-refractivity contribution in [3.8, 4) is 10.6 Å². The van der Waals surface area contributed by atoms with Crippen LogP contribution in [0, 0.1) is 3.01 Å². The van der Waals surface area contributed by atoms with Crippen molar-refractivity contribution in [2.75, 3.05) is 0 Å². The summed E-state index contributed by atoms with van der Waals surface area (Å²) in [6, 6.07) is 7.07. The number of alkyl halides is 1. The van der Waals surface area contributed by atoms with Gasteiger partial charge in [0.25, 0.3) is 0 Å². The minimum atomic E-state index is -1.43. The van der Waals surface area contributed by atoms with Crippen molar-refractivity contribution in [1.29, 1.82) is 0 Å². The molecular formula is C12H15BIN2O2S-. The van der Waals surface area contributed by atoms with Gasteiger partial charge in [-0.3, -0.25) is 0 Å². The van der Waals surface area contributed by atoms with Crippen molar-refractivity contribution in [2.45, 2.75) is 24.2 Å². The Morgan fingerprint density at radius 2 is 1.74 bits per heavy atom. The van der Waals surface area contributed by atoms with Crippen LogP contribution < -0.4 is 26.7 Å². The molecule has 1 aromatic carbocycles. The Labute approximate surface area is 127 Å². The second-order valence-electron chi connectivity index (χ2n) is 5.02. The predicted molar refractivity (Wildman–Crippen MR) is 73.6 cm³/mol. The van der Waals surface area contributed by atoms with Gasteiger partial charge in [0.2, 0.25) is 0 Å². The van der Waals surface area contributed by atoms with E-state index >= 15 is 0 Å². The first kappa shape index (κ1) is 14.9. The molecule has 0 amide bonds. The first-order valence-corrected chi connectivity index (χ1v) is 8.78. The number of rotatable bonds is 3. The first-order chi connectivity index (χ1) is 8.85. The second-order valence-corrected chi connectivity index (χ2v) is 11.5. The van der Waals surface area contributed by atoms with Crippen LogP contribution in [-0.2, 0) is 0 Å².